The Kier molecular flexibility index (Phi) is 1.30. The Balaban J connectivity index is 2.38. The van der Waals surface area contributed by atoms with Crippen LogP contribution in [0.5, 0.6) is 0 Å². The van der Waals surface area contributed by atoms with Crippen molar-refractivity contribution in [3.8, 4) is 0 Å². The molecule has 1 unspecified atom stereocenters. The molecule has 0 radical (unpaired) electrons. The molecule has 1 atom stereocenters. The number of carbonyl (C=O) groups excluding carboxylic acids is 1. The van der Waals surface area contributed by atoms with E-state index in [-0.39, 0.29) is 6.61 Å². The van der Waals surface area contributed by atoms with Gasteiger partial charge in [-0.05, 0) is 6.08 Å². The highest BCUT2D eigenvalue weighted by Crippen LogP contribution is 2.26. The van der Waals surface area contributed by atoms with Crippen LogP contribution in [0.2, 0.25) is 0 Å². The SMILES string of the molecule is O=C1C=C2C(=CCO[13CH]2O)O1. The Morgan fingerprint density at radius 3 is 3.18 bits per heavy atom. The van der Waals surface area contributed by atoms with E-state index < -0.39 is 12.3 Å². The fourth-order valence-electron chi connectivity index (χ4n) is 1.05. The third kappa shape index (κ3) is 0.961. The Hall–Kier alpha value is -1.13. The van der Waals surface area contributed by atoms with Crippen molar-refractivity contribution in [2.45, 2.75) is 6.29 Å². The van der Waals surface area contributed by atoms with E-state index in [0.29, 0.717) is 11.3 Å². The Labute approximate surface area is 62.7 Å². The third-order valence-electron chi connectivity index (χ3n) is 1.56. The second-order valence-corrected chi connectivity index (χ2v) is 2.27. The summed E-state index contributed by atoms with van der Waals surface area (Å²) in [5.41, 5.74) is 0.418. The van der Waals surface area contributed by atoms with Crippen molar-refractivity contribution in [2.75, 3.05) is 6.61 Å². The zero-order valence-corrected chi connectivity index (χ0v) is 5.61. The maximum atomic E-state index is 10.6. The highest BCUT2D eigenvalue weighted by atomic mass is 16.7. The molecule has 4 heteroatoms. The molecular formula is C7H6O4. The first-order valence-electron chi connectivity index (χ1n) is 3.21. The van der Waals surface area contributed by atoms with Crippen molar-refractivity contribution in [3.05, 3.63) is 23.5 Å². The molecule has 0 fully saturated rings. The molecule has 0 aliphatic carbocycles. The van der Waals surface area contributed by atoms with E-state index >= 15 is 0 Å². The van der Waals surface area contributed by atoms with Gasteiger partial charge in [0.15, 0.2) is 6.29 Å². The molecular weight excluding hydrogens is 149 g/mol. The van der Waals surface area contributed by atoms with Crippen LogP contribution in [0.25, 0.3) is 0 Å². The number of ether oxygens (including phenoxy) is 2. The van der Waals surface area contributed by atoms with E-state index in [1.807, 2.05) is 0 Å². The van der Waals surface area contributed by atoms with Gasteiger partial charge in [0.2, 0.25) is 0 Å². The first-order valence-corrected chi connectivity index (χ1v) is 3.21. The van der Waals surface area contributed by atoms with Gasteiger partial charge < -0.3 is 14.6 Å². The smallest absolute Gasteiger partial charge is 0.336 e. The van der Waals surface area contributed by atoms with Crippen LogP contribution in [-0.2, 0) is 14.3 Å². The van der Waals surface area contributed by atoms with Crippen molar-refractivity contribution in [3.63, 3.8) is 0 Å². The Morgan fingerprint density at radius 2 is 2.45 bits per heavy atom. The van der Waals surface area contributed by atoms with Crippen molar-refractivity contribution >= 4 is 5.97 Å². The zero-order valence-electron chi connectivity index (χ0n) is 5.61. The number of hydrogen-bond acceptors (Lipinski definition) is 4. The molecule has 0 bridgehead atoms. The van der Waals surface area contributed by atoms with Gasteiger partial charge in [0.1, 0.15) is 5.76 Å². The van der Waals surface area contributed by atoms with Crippen LogP contribution in [0, 0.1) is 0 Å². The minimum atomic E-state index is -1.01. The summed E-state index contributed by atoms with van der Waals surface area (Å²) in [6.45, 7) is 0.279. The highest BCUT2D eigenvalue weighted by molar-refractivity contribution is 5.88. The second kappa shape index (κ2) is 2.18. The van der Waals surface area contributed by atoms with Crippen LogP contribution in [0.4, 0.5) is 0 Å². The fraction of sp³-hybridized carbons (Fsp3) is 0.286. The molecule has 0 aromatic carbocycles. The molecule has 11 heavy (non-hydrogen) atoms. The molecule has 4 nitrogen and oxygen atoms in total. The average Bonchev–Trinajstić information content (AvgIpc) is 2.31. The van der Waals surface area contributed by atoms with Gasteiger partial charge in [0, 0.05) is 6.08 Å². The summed E-state index contributed by atoms with van der Waals surface area (Å²) in [4.78, 5) is 10.6. The van der Waals surface area contributed by atoms with Gasteiger partial charge in [0.25, 0.3) is 0 Å². The maximum absolute atomic E-state index is 10.6. The molecule has 0 saturated heterocycles. The summed E-state index contributed by atoms with van der Waals surface area (Å²) < 4.78 is 9.54. The van der Waals surface area contributed by atoms with Gasteiger partial charge in [-0.3, -0.25) is 0 Å². The zero-order chi connectivity index (χ0) is 7.84. The number of esters is 1. The monoisotopic (exact) mass is 155 g/mol. The van der Waals surface area contributed by atoms with E-state index in [1.54, 1.807) is 6.08 Å². The molecule has 1 N–H and O–H groups in total. The van der Waals surface area contributed by atoms with Crippen LogP contribution in [0.3, 0.4) is 0 Å². The lowest BCUT2D eigenvalue weighted by molar-refractivity contribution is -0.132. The number of carbonyl (C=O) groups is 1. The normalized spacial score (nSPS) is 28.8. The number of fused-ring (bicyclic) bond motifs is 1. The summed E-state index contributed by atoms with van der Waals surface area (Å²) in [6, 6.07) is 0. The summed E-state index contributed by atoms with van der Waals surface area (Å²) in [5.74, 6) is -0.0236. The van der Waals surface area contributed by atoms with Gasteiger partial charge in [-0.15, -0.1) is 0 Å². The molecule has 0 saturated carbocycles. The number of aliphatic hydroxyl groups excluding tert-OH is 1. The molecule has 0 amide bonds. The van der Waals surface area contributed by atoms with Crippen molar-refractivity contribution in [2.24, 2.45) is 0 Å². The lowest BCUT2D eigenvalue weighted by Crippen LogP contribution is -2.19. The lowest BCUT2D eigenvalue weighted by Gasteiger charge is -2.16. The van der Waals surface area contributed by atoms with Gasteiger partial charge >= 0.3 is 5.97 Å². The summed E-state index contributed by atoms with van der Waals surface area (Å²) in [5, 5.41) is 9.13. The third-order valence-corrected chi connectivity index (χ3v) is 1.56. The fourth-order valence-corrected chi connectivity index (χ4v) is 1.05. The van der Waals surface area contributed by atoms with Crippen molar-refractivity contribution in [1.82, 2.24) is 0 Å². The van der Waals surface area contributed by atoms with Crippen LogP contribution >= 0.6 is 0 Å². The maximum Gasteiger partial charge on any atom is 0.336 e. The molecule has 2 heterocycles. The molecule has 0 aromatic heterocycles. The number of hydrogen-bond donors (Lipinski definition) is 1. The largest absolute Gasteiger partial charge is 0.423 e. The second-order valence-electron chi connectivity index (χ2n) is 2.27. The van der Waals surface area contributed by atoms with Gasteiger partial charge in [-0.1, -0.05) is 0 Å². The molecule has 0 spiro atoms. The summed E-state index contributed by atoms with van der Waals surface area (Å²) >= 11 is 0. The van der Waals surface area contributed by atoms with Gasteiger partial charge in [-0.2, -0.15) is 0 Å². The van der Waals surface area contributed by atoms with Crippen LogP contribution in [0.15, 0.2) is 23.5 Å². The van der Waals surface area contributed by atoms with Crippen LogP contribution in [-0.4, -0.2) is 24.0 Å². The first kappa shape index (κ1) is 6.57. The Morgan fingerprint density at radius 1 is 1.64 bits per heavy atom. The number of aliphatic hydroxyl groups is 1. The predicted octanol–water partition coefficient (Wildman–Crippen LogP) is -0.298. The van der Waals surface area contributed by atoms with E-state index in [1.165, 1.54) is 6.08 Å². The predicted molar refractivity (Wildman–Crippen MR) is 34.2 cm³/mol. The van der Waals surface area contributed by atoms with Crippen LogP contribution < -0.4 is 0 Å². The number of rotatable bonds is 0. The summed E-state index contributed by atoms with van der Waals surface area (Å²) in [7, 11) is 0. The average molecular weight is 155 g/mol. The lowest BCUT2D eigenvalue weighted by atomic mass is 10.3. The van der Waals surface area contributed by atoms with Gasteiger partial charge in [0.05, 0.1) is 12.2 Å². The standard InChI is InChI=1S/C7H6O4/c8-6-3-4-5(11-6)1-2-10-7(4)9/h1,3,7,9H,2H2/i7+1. The minimum Gasteiger partial charge on any atom is -0.423 e. The van der Waals surface area contributed by atoms with E-state index in [0.717, 1.165) is 0 Å². The molecule has 2 aliphatic heterocycles. The minimum absolute atomic E-state index is 0.279. The van der Waals surface area contributed by atoms with E-state index in [2.05, 4.69) is 0 Å². The van der Waals surface area contributed by atoms with E-state index in [9.17, 15) is 4.79 Å². The quantitative estimate of drug-likeness (QED) is 0.385. The molecule has 2 aliphatic rings. The van der Waals surface area contributed by atoms with Crippen molar-refractivity contribution in [1.29, 1.82) is 0 Å². The molecule has 58 valence electrons. The first-order chi connectivity index (χ1) is 5.27. The highest BCUT2D eigenvalue weighted by Gasteiger charge is 2.28. The molecule has 2 rings (SSSR count). The topological polar surface area (TPSA) is 55.8 Å². The molecule has 0 aromatic rings. The summed E-state index contributed by atoms with van der Waals surface area (Å²) in [6.07, 6.45) is 1.83. The Bertz CT molecular complexity index is 264. The van der Waals surface area contributed by atoms with Gasteiger partial charge in [-0.25, -0.2) is 4.79 Å². The van der Waals surface area contributed by atoms with Crippen molar-refractivity contribution < 1.29 is 19.4 Å². The van der Waals surface area contributed by atoms with Crippen LogP contribution in [0.1, 0.15) is 0 Å². The van der Waals surface area contributed by atoms with E-state index in [4.69, 9.17) is 14.6 Å².